The molecule has 0 amide bonds. The molecule has 7 nitrogen and oxygen atoms in total. The first-order valence-electron chi connectivity index (χ1n) is 6.75. The van der Waals surface area contributed by atoms with Crippen LogP contribution in [0, 0.1) is 0 Å². The summed E-state index contributed by atoms with van der Waals surface area (Å²) in [6, 6.07) is 12.4. The Labute approximate surface area is 241 Å². The molecule has 9 heteroatoms. The minimum absolute atomic E-state index is 0. The average molecular weight is 423 g/mol. The van der Waals surface area contributed by atoms with Gasteiger partial charge in [0.05, 0.1) is 5.97 Å². The molecule has 0 fully saturated rings. The fraction of sp³-hybridized carbons (Fsp3) is 0. The normalized spacial score (nSPS) is 9.19. The third-order valence-corrected chi connectivity index (χ3v) is 2.62. The first-order chi connectivity index (χ1) is 11.4. The monoisotopic (exact) mass is 422 g/mol. The number of benzene rings is 2. The molecule has 0 unspecified atom stereocenters. The summed E-state index contributed by atoms with van der Waals surface area (Å²) in [7, 11) is 0. The maximum absolute atomic E-state index is 10.1. The molecule has 0 saturated heterocycles. The molecule has 0 saturated carbocycles. The van der Waals surface area contributed by atoms with Crippen LogP contribution in [0.2, 0.25) is 0 Å². The summed E-state index contributed by atoms with van der Waals surface area (Å²) in [6.07, 6.45) is 4.84. The van der Waals surface area contributed by atoms with Gasteiger partial charge in [0.2, 0.25) is 0 Å². The largest absolute Gasteiger partial charge is 1.00 e. The van der Waals surface area contributed by atoms with Crippen LogP contribution in [0.25, 0.3) is 12.2 Å². The summed E-state index contributed by atoms with van der Waals surface area (Å²) in [4.78, 5) is 20.1. The van der Waals surface area contributed by atoms with E-state index in [1.165, 1.54) is 36.4 Å². The first-order valence-corrected chi connectivity index (χ1v) is 6.75. The van der Waals surface area contributed by atoms with Crippen molar-refractivity contribution in [2.24, 2.45) is 0 Å². The fourth-order valence-electron chi connectivity index (χ4n) is 1.50. The van der Waals surface area contributed by atoms with Gasteiger partial charge in [0.1, 0.15) is 11.5 Å². The van der Waals surface area contributed by atoms with Gasteiger partial charge in [0.25, 0.3) is 0 Å². The maximum Gasteiger partial charge on any atom is 1.00 e. The second-order valence-corrected chi connectivity index (χ2v) is 4.51. The van der Waals surface area contributed by atoms with Crippen molar-refractivity contribution in [3.05, 3.63) is 71.8 Å². The molecule has 2 aromatic carbocycles. The second kappa shape index (κ2) is 17.8. The Hall–Kier alpha value is -0.307. The molecule has 0 bridgehead atoms. The Bertz CT molecular complexity index is 674. The number of aliphatic carboxylic acids is 2. The third kappa shape index (κ3) is 16.4. The van der Waals surface area contributed by atoms with Crippen LogP contribution in [0.15, 0.2) is 60.7 Å². The molecule has 27 heavy (non-hydrogen) atoms. The summed E-state index contributed by atoms with van der Waals surface area (Å²) in [6.45, 7) is 0. The number of carbonyl (C=O) groups excluding carboxylic acids is 1. The molecule has 0 radical (unpaired) electrons. The summed E-state index contributed by atoms with van der Waals surface area (Å²) in [5, 5.41) is 36.1. The van der Waals surface area contributed by atoms with Gasteiger partial charge in [-0.2, -0.15) is 0 Å². The number of hydrogen-bond acceptors (Lipinski definition) is 6. The van der Waals surface area contributed by atoms with E-state index < -0.39 is 11.9 Å². The van der Waals surface area contributed by atoms with Gasteiger partial charge >= 0.3 is 109 Å². The quantitative estimate of drug-likeness (QED) is 0.332. The summed E-state index contributed by atoms with van der Waals surface area (Å²) >= 11 is 0. The third-order valence-electron chi connectivity index (χ3n) is 2.62. The minimum atomic E-state index is -1.23. The summed E-state index contributed by atoms with van der Waals surface area (Å²) < 4.78 is 0. The number of rotatable bonds is 4. The van der Waals surface area contributed by atoms with E-state index in [0.717, 1.165) is 17.7 Å². The molecule has 0 spiro atoms. The fourth-order valence-corrected chi connectivity index (χ4v) is 1.50. The zero-order chi connectivity index (χ0) is 17.9. The van der Waals surface area contributed by atoms with Crippen molar-refractivity contribution in [3.63, 3.8) is 0 Å². The molecular weight excluding hydrogens is 406 g/mol. The topological polar surface area (TPSA) is 148 Å². The van der Waals surface area contributed by atoms with Crippen LogP contribution in [-0.2, 0) is 9.59 Å². The standard InChI is InChI=1S/2C9H8O3.2K.H2O/c2*10-8-4-1-7(2-5-8)3-6-9(11)12;;;/h2*1-6,10H,(H,11,12);;;1H2/q;;2*+1;/p-2/b2*6-3+;;;. The number of phenolic OH excluding ortho intramolecular Hbond substituents is 2. The van der Waals surface area contributed by atoms with E-state index in [1.54, 1.807) is 24.3 Å². The second-order valence-electron chi connectivity index (χ2n) is 4.51. The van der Waals surface area contributed by atoms with Gasteiger partial charge in [-0.25, -0.2) is 4.79 Å². The summed E-state index contributed by atoms with van der Waals surface area (Å²) in [5.41, 5.74) is 1.45. The van der Waals surface area contributed by atoms with Crippen LogP contribution in [0.5, 0.6) is 11.5 Å². The smallest absolute Gasteiger partial charge is 0.870 e. The number of carboxylic acid groups (broad SMARTS) is 2. The molecule has 0 aliphatic rings. The Morgan fingerprint density at radius 1 is 0.741 bits per heavy atom. The van der Waals surface area contributed by atoms with Gasteiger partial charge in [-0.15, -0.1) is 0 Å². The zero-order valence-electron chi connectivity index (χ0n) is 14.9. The van der Waals surface area contributed by atoms with Crippen LogP contribution in [0.1, 0.15) is 11.1 Å². The SMILES string of the molecule is O=C(O)/C=C/c1ccc(O)cc1.O=C([O-])/C=C/c1ccc(O)cc1.[K+].[K+].[OH-]. The number of phenols is 2. The molecule has 0 heterocycles. The average Bonchev–Trinajstić information content (AvgIpc) is 2.54. The van der Waals surface area contributed by atoms with Gasteiger partial charge < -0.3 is 30.7 Å². The number of aromatic hydroxyl groups is 2. The molecule has 0 aromatic heterocycles. The number of carboxylic acids is 2. The van der Waals surface area contributed by atoms with E-state index >= 15 is 0 Å². The molecule has 2 aromatic rings. The van der Waals surface area contributed by atoms with Crippen molar-refractivity contribution >= 4 is 24.1 Å². The maximum atomic E-state index is 10.1. The van der Waals surface area contributed by atoms with Gasteiger partial charge in [0, 0.05) is 6.08 Å². The van der Waals surface area contributed by atoms with Crippen LogP contribution in [-0.4, -0.2) is 32.7 Å². The molecule has 4 N–H and O–H groups in total. The van der Waals surface area contributed by atoms with Crippen molar-refractivity contribution in [2.75, 3.05) is 0 Å². The Morgan fingerprint density at radius 2 is 1.07 bits per heavy atom. The van der Waals surface area contributed by atoms with Gasteiger partial charge in [-0.05, 0) is 47.5 Å². The van der Waals surface area contributed by atoms with Crippen LogP contribution in [0.3, 0.4) is 0 Å². The van der Waals surface area contributed by atoms with Crippen LogP contribution < -0.4 is 108 Å². The minimum Gasteiger partial charge on any atom is -0.870 e. The molecule has 2 rings (SSSR count). The van der Waals surface area contributed by atoms with Crippen molar-refractivity contribution in [1.82, 2.24) is 0 Å². The zero-order valence-corrected chi connectivity index (χ0v) is 21.2. The Balaban J connectivity index is -0.000000384. The molecule has 0 aliphatic carbocycles. The molecule has 0 aliphatic heterocycles. The summed E-state index contributed by atoms with van der Waals surface area (Å²) in [5.74, 6) is -1.89. The van der Waals surface area contributed by atoms with Gasteiger partial charge in [0.15, 0.2) is 0 Å². The van der Waals surface area contributed by atoms with E-state index in [1.807, 2.05) is 0 Å². The number of hydrogen-bond donors (Lipinski definition) is 3. The predicted molar refractivity (Wildman–Crippen MR) is 88.9 cm³/mol. The van der Waals surface area contributed by atoms with E-state index in [2.05, 4.69) is 0 Å². The Morgan fingerprint density at radius 3 is 1.37 bits per heavy atom. The van der Waals surface area contributed by atoms with Gasteiger partial charge in [-0.1, -0.05) is 30.3 Å². The molecule has 132 valence electrons. The van der Waals surface area contributed by atoms with Crippen LogP contribution in [0.4, 0.5) is 0 Å². The Kier molecular flexibility index (Phi) is 20.7. The van der Waals surface area contributed by atoms with E-state index in [-0.39, 0.29) is 120 Å². The van der Waals surface area contributed by atoms with E-state index in [9.17, 15) is 14.7 Å². The van der Waals surface area contributed by atoms with Crippen molar-refractivity contribution < 1.29 is 138 Å². The van der Waals surface area contributed by atoms with Gasteiger partial charge in [-0.3, -0.25) is 0 Å². The van der Waals surface area contributed by atoms with Crippen LogP contribution >= 0.6 is 0 Å². The molecular formula is C18H16K2O7. The van der Waals surface area contributed by atoms with E-state index in [4.69, 9.17) is 15.3 Å². The molecule has 0 atom stereocenters. The number of carbonyl (C=O) groups is 2. The predicted octanol–water partition coefficient (Wildman–Crippen LogP) is -4.52. The van der Waals surface area contributed by atoms with E-state index in [0.29, 0.717) is 5.56 Å². The first kappa shape index (κ1) is 31.4. The van der Waals surface area contributed by atoms with Crippen molar-refractivity contribution in [1.29, 1.82) is 0 Å². The van der Waals surface area contributed by atoms with Crippen molar-refractivity contribution in [2.45, 2.75) is 0 Å². The van der Waals surface area contributed by atoms with Crippen molar-refractivity contribution in [3.8, 4) is 11.5 Å².